The highest BCUT2D eigenvalue weighted by Crippen LogP contribution is 2.27. The topological polar surface area (TPSA) is 96.5 Å². The maximum absolute atomic E-state index is 12.5. The van der Waals surface area contributed by atoms with E-state index in [1.54, 1.807) is 37.3 Å². The summed E-state index contributed by atoms with van der Waals surface area (Å²) in [4.78, 5) is 36.1. The molecule has 0 unspecified atom stereocenters. The summed E-state index contributed by atoms with van der Waals surface area (Å²) < 4.78 is 5.37. The SMILES string of the molecule is C[C@]1(c2cccc(NC(=O)c3ccc4c(c3)COC4)c2)NC(=O)NC1=O. The standard InChI is InChI=1S/C19H17N3O4/c1-19(17(24)21-18(25)22-19)14-3-2-4-15(8-14)20-16(23)11-5-6-12-9-26-10-13(12)7-11/h2-8H,9-10H2,1H3,(H,20,23)(H2,21,22,24,25)/t19-/m1/s1. The molecule has 0 saturated carbocycles. The molecule has 2 aromatic carbocycles. The fourth-order valence-corrected chi connectivity index (χ4v) is 3.17. The number of hydrogen-bond donors (Lipinski definition) is 3. The number of ether oxygens (including phenoxy) is 1. The molecule has 1 fully saturated rings. The molecule has 0 aliphatic carbocycles. The number of hydrogen-bond acceptors (Lipinski definition) is 4. The number of nitrogens with one attached hydrogen (secondary N) is 3. The number of anilines is 1. The minimum Gasteiger partial charge on any atom is -0.372 e. The van der Waals surface area contributed by atoms with Crippen molar-refractivity contribution in [1.82, 2.24) is 10.6 Å². The van der Waals surface area contributed by atoms with Crippen molar-refractivity contribution in [2.75, 3.05) is 5.32 Å². The van der Waals surface area contributed by atoms with E-state index in [0.717, 1.165) is 11.1 Å². The zero-order valence-electron chi connectivity index (χ0n) is 14.1. The van der Waals surface area contributed by atoms with Crippen LogP contribution in [0, 0.1) is 0 Å². The zero-order valence-corrected chi connectivity index (χ0v) is 14.1. The van der Waals surface area contributed by atoms with Gasteiger partial charge in [-0.2, -0.15) is 0 Å². The third-order valence-electron chi connectivity index (χ3n) is 4.73. The average molecular weight is 351 g/mol. The van der Waals surface area contributed by atoms with E-state index in [1.807, 2.05) is 12.1 Å². The van der Waals surface area contributed by atoms with Crippen molar-refractivity contribution in [2.45, 2.75) is 25.7 Å². The molecule has 3 N–H and O–H groups in total. The molecule has 2 aliphatic rings. The molecule has 0 aromatic heterocycles. The van der Waals surface area contributed by atoms with Crippen LogP contribution in [0.5, 0.6) is 0 Å². The average Bonchev–Trinajstić information content (AvgIpc) is 3.19. The number of imide groups is 1. The van der Waals surface area contributed by atoms with Crippen LogP contribution in [0.25, 0.3) is 0 Å². The number of benzene rings is 2. The van der Waals surface area contributed by atoms with Gasteiger partial charge < -0.3 is 15.4 Å². The monoisotopic (exact) mass is 351 g/mol. The highest BCUT2D eigenvalue weighted by Gasteiger charge is 2.43. The van der Waals surface area contributed by atoms with Gasteiger partial charge in [-0.3, -0.25) is 14.9 Å². The minimum atomic E-state index is -1.16. The third kappa shape index (κ3) is 2.72. The zero-order chi connectivity index (χ0) is 18.3. The van der Waals surface area contributed by atoms with Crippen molar-refractivity contribution < 1.29 is 19.1 Å². The van der Waals surface area contributed by atoms with Crippen molar-refractivity contribution in [3.05, 3.63) is 64.7 Å². The first-order valence-corrected chi connectivity index (χ1v) is 8.21. The van der Waals surface area contributed by atoms with Gasteiger partial charge in [0.2, 0.25) is 0 Å². The molecule has 2 heterocycles. The molecule has 7 nitrogen and oxygen atoms in total. The van der Waals surface area contributed by atoms with Gasteiger partial charge in [0.05, 0.1) is 13.2 Å². The minimum absolute atomic E-state index is 0.248. The molecule has 2 aliphatic heterocycles. The van der Waals surface area contributed by atoms with E-state index in [4.69, 9.17) is 4.74 Å². The lowest BCUT2D eigenvalue weighted by Gasteiger charge is -2.21. The van der Waals surface area contributed by atoms with E-state index in [1.165, 1.54) is 0 Å². The van der Waals surface area contributed by atoms with E-state index < -0.39 is 17.5 Å². The molecule has 2 aromatic rings. The lowest BCUT2D eigenvalue weighted by Crippen LogP contribution is -2.40. The van der Waals surface area contributed by atoms with E-state index in [9.17, 15) is 14.4 Å². The van der Waals surface area contributed by atoms with Gasteiger partial charge in [-0.15, -0.1) is 0 Å². The smallest absolute Gasteiger partial charge is 0.322 e. The van der Waals surface area contributed by atoms with Crippen molar-refractivity contribution in [2.24, 2.45) is 0 Å². The van der Waals surface area contributed by atoms with Crippen molar-refractivity contribution in [1.29, 1.82) is 0 Å². The molecule has 0 spiro atoms. The Morgan fingerprint density at radius 1 is 1.12 bits per heavy atom. The number of urea groups is 1. The number of rotatable bonds is 3. The van der Waals surface area contributed by atoms with Gasteiger partial charge in [-0.1, -0.05) is 18.2 Å². The molecule has 4 amide bonds. The second-order valence-electron chi connectivity index (χ2n) is 6.54. The van der Waals surface area contributed by atoms with Gasteiger partial charge in [0, 0.05) is 11.3 Å². The molecular formula is C19H17N3O4. The molecule has 1 atom stereocenters. The van der Waals surface area contributed by atoms with Crippen molar-refractivity contribution >= 4 is 23.5 Å². The van der Waals surface area contributed by atoms with Crippen LogP contribution in [0.4, 0.5) is 10.5 Å². The van der Waals surface area contributed by atoms with Crippen LogP contribution in [0.3, 0.4) is 0 Å². The van der Waals surface area contributed by atoms with Crippen LogP contribution in [-0.4, -0.2) is 17.8 Å². The lowest BCUT2D eigenvalue weighted by atomic mass is 9.92. The maximum Gasteiger partial charge on any atom is 0.322 e. The Bertz CT molecular complexity index is 940. The molecule has 0 radical (unpaired) electrons. The van der Waals surface area contributed by atoms with Gasteiger partial charge >= 0.3 is 6.03 Å². The van der Waals surface area contributed by atoms with Gasteiger partial charge in [0.1, 0.15) is 5.54 Å². The molecule has 7 heteroatoms. The first kappa shape index (κ1) is 16.3. The van der Waals surface area contributed by atoms with Crippen LogP contribution in [-0.2, 0) is 28.3 Å². The van der Waals surface area contributed by atoms with Crippen LogP contribution >= 0.6 is 0 Å². The Morgan fingerprint density at radius 2 is 1.92 bits per heavy atom. The number of fused-ring (bicyclic) bond motifs is 1. The van der Waals surface area contributed by atoms with Gasteiger partial charge in [0.25, 0.3) is 11.8 Å². The molecule has 0 bridgehead atoms. The lowest BCUT2D eigenvalue weighted by molar-refractivity contribution is -0.123. The predicted molar refractivity (Wildman–Crippen MR) is 93.4 cm³/mol. The summed E-state index contributed by atoms with van der Waals surface area (Å²) in [5.41, 5.74) is 2.62. The normalized spacial score (nSPS) is 21.1. The van der Waals surface area contributed by atoms with Crippen LogP contribution in [0.1, 0.15) is 34.0 Å². The second kappa shape index (κ2) is 5.96. The summed E-state index contributed by atoms with van der Waals surface area (Å²) in [6.45, 7) is 2.71. The summed E-state index contributed by atoms with van der Waals surface area (Å²) >= 11 is 0. The Labute approximate surface area is 149 Å². The number of amides is 4. The Kier molecular flexibility index (Phi) is 3.73. The fourth-order valence-electron chi connectivity index (χ4n) is 3.17. The quantitative estimate of drug-likeness (QED) is 0.737. The van der Waals surface area contributed by atoms with Crippen LogP contribution in [0.2, 0.25) is 0 Å². The van der Waals surface area contributed by atoms with E-state index in [0.29, 0.717) is 30.0 Å². The summed E-state index contributed by atoms with van der Waals surface area (Å²) in [6.07, 6.45) is 0. The molecular weight excluding hydrogens is 334 g/mol. The van der Waals surface area contributed by atoms with E-state index in [2.05, 4.69) is 16.0 Å². The maximum atomic E-state index is 12.5. The number of carbonyl (C=O) groups is 3. The first-order chi connectivity index (χ1) is 12.5. The Morgan fingerprint density at radius 3 is 2.69 bits per heavy atom. The number of carbonyl (C=O) groups excluding carboxylic acids is 3. The second-order valence-corrected chi connectivity index (χ2v) is 6.54. The predicted octanol–water partition coefficient (Wildman–Crippen LogP) is 2.02. The van der Waals surface area contributed by atoms with Crippen LogP contribution in [0.15, 0.2) is 42.5 Å². The Hall–Kier alpha value is -3.19. The first-order valence-electron chi connectivity index (χ1n) is 8.21. The third-order valence-corrected chi connectivity index (χ3v) is 4.73. The Balaban J connectivity index is 1.57. The summed E-state index contributed by atoms with van der Waals surface area (Å²) in [5.74, 6) is -0.675. The van der Waals surface area contributed by atoms with Gasteiger partial charge in [-0.05, 0) is 47.9 Å². The van der Waals surface area contributed by atoms with Crippen LogP contribution < -0.4 is 16.0 Å². The van der Waals surface area contributed by atoms with Gasteiger partial charge in [-0.25, -0.2) is 4.79 Å². The van der Waals surface area contributed by atoms with Gasteiger partial charge in [0.15, 0.2) is 0 Å². The molecule has 132 valence electrons. The summed E-state index contributed by atoms with van der Waals surface area (Å²) in [7, 11) is 0. The highest BCUT2D eigenvalue weighted by atomic mass is 16.5. The highest BCUT2D eigenvalue weighted by molar-refractivity contribution is 6.07. The molecule has 1 saturated heterocycles. The van der Waals surface area contributed by atoms with E-state index >= 15 is 0 Å². The largest absolute Gasteiger partial charge is 0.372 e. The molecule has 26 heavy (non-hydrogen) atoms. The van der Waals surface area contributed by atoms with E-state index in [-0.39, 0.29) is 5.91 Å². The van der Waals surface area contributed by atoms with Crippen molar-refractivity contribution in [3.63, 3.8) is 0 Å². The molecule has 4 rings (SSSR count). The summed E-state index contributed by atoms with van der Waals surface area (Å²) in [5, 5.41) is 7.67. The fraction of sp³-hybridized carbons (Fsp3) is 0.211. The summed E-state index contributed by atoms with van der Waals surface area (Å²) in [6, 6.07) is 11.8. The van der Waals surface area contributed by atoms with Crippen molar-refractivity contribution in [3.8, 4) is 0 Å².